The summed E-state index contributed by atoms with van der Waals surface area (Å²) in [7, 11) is 0. The third-order valence-electron chi connectivity index (χ3n) is 22.1. The molecule has 4 aliphatic heterocycles. The highest BCUT2D eigenvalue weighted by atomic mass is 16.9. The Bertz CT molecular complexity index is 2220. The maximum Gasteiger partial charge on any atom is 0.357 e. The van der Waals surface area contributed by atoms with Crippen molar-refractivity contribution in [3.05, 3.63) is 12.2 Å². The van der Waals surface area contributed by atoms with Crippen molar-refractivity contribution in [2.24, 2.45) is 56.7 Å². The summed E-state index contributed by atoms with van der Waals surface area (Å²) >= 11 is 0. The molecule has 9 rings (SSSR count). The first-order valence-electron chi connectivity index (χ1n) is 28.1. The molecule has 25 nitrogen and oxygen atoms in total. The standard InChI is InChI=1S/C54H88O25/c1-22(2)24-11-16-51(46(68)79-54(71)43(66)38(62)35(59)28(77-54)21-72-52(69)44(67)40(64)41(27(20-56)76-52)74-45-39(63)36(60)33(57)23(3)73-45)18-17-49(7)25(32(24)51)9-10-30-48(6)14-13-31(47(4,5)29(48)12-15-50(30,49)8)78-53(70)42(65)37(61)34(58)26(19-55)75-53/h23-45,55-67,69-71H,1,9-21H2,2-8H3. The third kappa shape index (κ3) is 9.52. The fourth-order valence-electron chi connectivity index (χ4n) is 17.4. The normalized spacial score (nSPS) is 56.3. The third-order valence-corrected chi connectivity index (χ3v) is 22.1. The Balaban J connectivity index is 0.906. The number of hydrogen-bond donors (Lipinski definition) is 16. The average Bonchev–Trinajstić information content (AvgIpc) is 3.99. The zero-order valence-corrected chi connectivity index (χ0v) is 46.0. The van der Waals surface area contributed by atoms with E-state index in [2.05, 4.69) is 41.2 Å². The molecule has 16 N–H and O–H groups in total. The van der Waals surface area contributed by atoms with Crippen LogP contribution in [0, 0.1) is 56.7 Å². The summed E-state index contributed by atoms with van der Waals surface area (Å²) < 4.78 is 45.3. The highest BCUT2D eigenvalue weighted by Crippen LogP contribution is 2.78. The largest absolute Gasteiger partial charge is 0.405 e. The van der Waals surface area contributed by atoms with Gasteiger partial charge in [-0.25, -0.2) is 0 Å². The van der Waals surface area contributed by atoms with Gasteiger partial charge in [0.25, 0.3) is 0 Å². The van der Waals surface area contributed by atoms with E-state index in [9.17, 15) is 81.7 Å². The van der Waals surface area contributed by atoms with Gasteiger partial charge < -0.3 is 120 Å². The molecule has 5 aliphatic carbocycles. The second-order valence-electron chi connectivity index (χ2n) is 26.3. The van der Waals surface area contributed by atoms with Crippen LogP contribution in [0.2, 0.25) is 0 Å². The van der Waals surface area contributed by atoms with Crippen molar-refractivity contribution in [2.75, 3.05) is 19.8 Å². The Morgan fingerprint density at radius 1 is 0.595 bits per heavy atom. The van der Waals surface area contributed by atoms with Crippen LogP contribution in [0.5, 0.6) is 0 Å². The minimum absolute atomic E-state index is 0.0537. The van der Waals surface area contributed by atoms with E-state index >= 15 is 4.79 Å². The summed E-state index contributed by atoms with van der Waals surface area (Å²) in [5, 5.41) is 174. The number of ether oxygens (including phenoxy) is 8. The predicted molar refractivity (Wildman–Crippen MR) is 265 cm³/mol. The molecule has 0 spiro atoms. The van der Waals surface area contributed by atoms with E-state index in [-0.39, 0.29) is 45.8 Å². The minimum atomic E-state index is -3.33. The summed E-state index contributed by atoms with van der Waals surface area (Å²) in [6.07, 6.45) is -26.4. The zero-order chi connectivity index (χ0) is 58.3. The molecule has 0 radical (unpaired) electrons. The molecular formula is C54H88O25. The Labute approximate surface area is 458 Å². The van der Waals surface area contributed by atoms with E-state index in [1.807, 2.05) is 6.92 Å². The van der Waals surface area contributed by atoms with E-state index in [4.69, 9.17) is 37.9 Å². The number of carbonyl (C=O) groups is 1. The summed E-state index contributed by atoms with van der Waals surface area (Å²) in [6, 6.07) is 0. The maximum atomic E-state index is 15.2. The van der Waals surface area contributed by atoms with Crippen LogP contribution in [-0.2, 0) is 42.7 Å². The highest BCUT2D eigenvalue weighted by Gasteiger charge is 2.74. The molecular weight excluding hydrogens is 1050 g/mol. The van der Waals surface area contributed by atoms with Gasteiger partial charge in [0.05, 0.1) is 37.4 Å². The van der Waals surface area contributed by atoms with Gasteiger partial charge in [0, 0.05) is 0 Å². The molecule has 0 aromatic carbocycles. The fourth-order valence-corrected chi connectivity index (χ4v) is 17.4. The van der Waals surface area contributed by atoms with Crippen molar-refractivity contribution in [1.29, 1.82) is 0 Å². The molecule has 30 unspecified atom stereocenters. The summed E-state index contributed by atoms with van der Waals surface area (Å²) in [5.74, 6) is -10.5. The molecule has 5 saturated carbocycles. The van der Waals surface area contributed by atoms with Gasteiger partial charge in [-0.1, -0.05) is 46.8 Å². The Hall–Kier alpha value is -1.71. The SMILES string of the molecule is C=C(C)C1CCC2(C(=O)OC3(O)OC(COC4(O)OC(CO)C(OC5OC(C)C(O)C(O)C5O)C(O)C4O)C(O)C(O)C3O)CCC3(C)C(CCC4C5(C)CCC(OC6(O)OC(CO)C(O)C(O)C6O)C(C)(C)C5CCC43C)C12. The number of aliphatic hydroxyl groups excluding tert-OH is 13. The Morgan fingerprint density at radius 2 is 1.19 bits per heavy atom. The molecule has 454 valence electrons. The van der Waals surface area contributed by atoms with Crippen LogP contribution in [-0.4, -0.2) is 235 Å². The fraction of sp³-hybridized carbons (Fsp3) is 0.944. The van der Waals surface area contributed by atoms with Crippen LogP contribution in [0.1, 0.15) is 113 Å². The van der Waals surface area contributed by atoms with Crippen LogP contribution in [0.3, 0.4) is 0 Å². The molecule has 30 atom stereocenters. The molecule has 25 heteroatoms. The molecule has 9 fully saturated rings. The first-order chi connectivity index (χ1) is 36.7. The van der Waals surface area contributed by atoms with E-state index in [0.29, 0.717) is 38.5 Å². The quantitative estimate of drug-likeness (QED) is 0.0396. The van der Waals surface area contributed by atoms with Crippen molar-refractivity contribution >= 4 is 5.97 Å². The van der Waals surface area contributed by atoms with Gasteiger partial charge in [-0.3, -0.25) is 4.79 Å². The first kappa shape index (κ1) is 61.8. The number of fused-ring (bicyclic) bond motifs is 7. The van der Waals surface area contributed by atoms with Gasteiger partial charge in [0.15, 0.2) is 24.6 Å². The van der Waals surface area contributed by atoms with Crippen molar-refractivity contribution < 1.29 is 124 Å². The lowest BCUT2D eigenvalue weighted by atomic mass is 9.32. The van der Waals surface area contributed by atoms with Gasteiger partial charge in [-0.2, -0.15) is 0 Å². The predicted octanol–water partition coefficient (Wildman–Crippen LogP) is -3.19. The van der Waals surface area contributed by atoms with E-state index in [0.717, 1.165) is 31.3 Å². The summed E-state index contributed by atoms with van der Waals surface area (Å²) in [6.45, 7) is 16.0. The van der Waals surface area contributed by atoms with Crippen LogP contribution < -0.4 is 0 Å². The second kappa shape index (κ2) is 21.4. The van der Waals surface area contributed by atoms with Crippen LogP contribution in [0.4, 0.5) is 0 Å². The van der Waals surface area contributed by atoms with Gasteiger partial charge in [0.1, 0.15) is 73.2 Å². The molecule has 4 saturated heterocycles. The number of rotatable bonds is 12. The summed E-state index contributed by atoms with van der Waals surface area (Å²) in [5.41, 5.74) is -1.86. The zero-order valence-electron chi connectivity index (χ0n) is 46.0. The lowest BCUT2D eigenvalue weighted by Crippen LogP contribution is -2.70. The first-order valence-corrected chi connectivity index (χ1v) is 28.1. The van der Waals surface area contributed by atoms with Gasteiger partial charge in [0.2, 0.25) is 0 Å². The van der Waals surface area contributed by atoms with E-state index < -0.39 is 165 Å². The van der Waals surface area contributed by atoms with Gasteiger partial charge in [-0.15, -0.1) is 0 Å². The van der Waals surface area contributed by atoms with E-state index in [1.165, 1.54) is 6.92 Å². The molecule has 0 aromatic rings. The average molecular weight is 1140 g/mol. The van der Waals surface area contributed by atoms with Crippen LogP contribution in [0.25, 0.3) is 0 Å². The monoisotopic (exact) mass is 1140 g/mol. The van der Waals surface area contributed by atoms with E-state index in [1.54, 1.807) is 0 Å². The topological polar surface area (TPSA) is 415 Å². The van der Waals surface area contributed by atoms with Gasteiger partial charge in [-0.05, 0) is 129 Å². The minimum Gasteiger partial charge on any atom is -0.405 e. The lowest BCUT2D eigenvalue weighted by molar-refractivity contribution is -0.474. The maximum absolute atomic E-state index is 15.2. The number of allylic oxidation sites excluding steroid dienone is 1. The van der Waals surface area contributed by atoms with Crippen molar-refractivity contribution in [3.63, 3.8) is 0 Å². The van der Waals surface area contributed by atoms with Crippen LogP contribution in [0.15, 0.2) is 12.2 Å². The number of carbonyl (C=O) groups excluding carboxylic acids is 1. The molecule has 0 amide bonds. The van der Waals surface area contributed by atoms with Crippen molar-refractivity contribution in [1.82, 2.24) is 0 Å². The Morgan fingerprint density at radius 3 is 1.82 bits per heavy atom. The smallest absolute Gasteiger partial charge is 0.357 e. The van der Waals surface area contributed by atoms with Crippen molar-refractivity contribution in [3.8, 4) is 0 Å². The number of aliphatic hydroxyl groups is 16. The highest BCUT2D eigenvalue weighted by molar-refractivity contribution is 5.78. The van der Waals surface area contributed by atoms with Crippen LogP contribution >= 0.6 is 0 Å². The molecule has 0 aromatic heterocycles. The molecule has 79 heavy (non-hydrogen) atoms. The molecule has 4 heterocycles. The molecule has 0 bridgehead atoms. The number of esters is 1. The number of hydrogen-bond acceptors (Lipinski definition) is 25. The van der Waals surface area contributed by atoms with Crippen molar-refractivity contribution in [2.45, 2.75) is 241 Å². The molecule has 9 aliphatic rings. The lowest BCUT2D eigenvalue weighted by Gasteiger charge is -2.73. The second-order valence-corrected chi connectivity index (χ2v) is 26.3. The van der Waals surface area contributed by atoms with Gasteiger partial charge >= 0.3 is 23.9 Å². The summed E-state index contributed by atoms with van der Waals surface area (Å²) in [4.78, 5) is 15.2. The Kier molecular flexibility index (Phi) is 16.7.